The van der Waals surface area contributed by atoms with Crippen molar-refractivity contribution >= 4 is 5.97 Å². The summed E-state index contributed by atoms with van der Waals surface area (Å²) in [6.45, 7) is 5.40. The summed E-state index contributed by atoms with van der Waals surface area (Å²) >= 11 is 0. The third-order valence-corrected chi connectivity index (χ3v) is 3.14. The van der Waals surface area contributed by atoms with E-state index in [-0.39, 0.29) is 0 Å². The standard InChI is InChI=1S/C12H24N2O2/c1-2-13-11(12(15)16)10-14-8-6-4-3-5-7-9-14/h11,13H,2-10H2,1H3,(H,15,16). The lowest BCUT2D eigenvalue weighted by atomic mass is 10.1. The van der Waals surface area contributed by atoms with Gasteiger partial charge in [-0.3, -0.25) is 4.79 Å². The number of carbonyl (C=O) groups is 1. The molecule has 1 heterocycles. The summed E-state index contributed by atoms with van der Waals surface area (Å²) in [4.78, 5) is 13.3. The van der Waals surface area contributed by atoms with Gasteiger partial charge in [-0.05, 0) is 32.5 Å². The zero-order valence-electron chi connectivity index (χ0n) is 10.2. The van der Waals surface area contributed by atoms with Crippen molar-refractivity contribution in [1.29, 1.82) is 0 Å². The molecule has 1 saturated heterocycles. The molecule has 0 aromatic heterocycles. The summed E-state index contributed by atoms with van der Waals surface area (Å²) in [6.07, 6.45) is 6.32. The van der Waals surface area contributed by atoms with Gasteiger partial charge in [0.2, 0.25) is 0 Å². The molecule has 1 rings (SSSR count). The van der Waals surface area contributed by atoms with Crippen molar-refractivity contribution in [3.05, 3.63) is 0 Å². The molecule has 1 aliphatic heterocycles. The van der Waals surface area contributed by atoms with Crippen LogP contribution >= 0.6 is 0 Å². The van der Waals surface area contributed by atoms with Crippen molar-refractivity contribution in [2.45, 2.75) is 45.1 Å². The molecule has 94 valence electrons. The molecule has 1 atom stereocenters. The number of rotatable bonds is 5. The van der Waals surface area contributed by atoms with Crippen LogP contribution in [0.5, 0.6) is 0 Å². The van der Waals surface area contributed by atoms with Crippen LogP contribution in [0.15, 0.2) is 0 Å². The molecule has 1 fully saturated rings. The second-order valence-electron chi connectivity index (χ2n) is 4.52. The molecule has 4 heteroatoms. The highest BCUT2D eigenvalue weighted by Crippen LogP contribution is 2.10. The summed E-state index contributed by atoms with van der Waals surface area (Å²) in [6, 6.07) is -0.413. The predicted molar refractivity (Wildman–Crippen MR) is 64.6 cm³/mol. The van der Waals surface area contributed by atoms with Crippen LogP contribution in [0, 0.1) is 0 Å². The van der Waals surface area contributed by atoms with E-state index in [4.69, 9.17) is 5.11 Å². The molecule has 0 spiro atoms. The molecular formula is C12H24N2O2. The van der Waals surface area contributed by atoms with Gasteiger partial charge in [-0.1, -0.05) is 26.2 Å². The normalized spacial score (nSPS) is 21.1. The number of carboxylic acid groups (broad SMARTS) is 1. The molecule has 2 N–H and O–H groups in total. The van der Waals surface area contributed by atoms with E-state index < -0.39 is 12.0 Å². The Morgan fingerprint density at radius 3 is 2.31 bits per heavy atom. The molecule has 0 amide bonds. The quantitative estimate of drug-likeness (QED) is 0.745. The van der Waals surface area contributed by atoms with Crippen LogP contribution in [0.4, 0.5) is 0 Å². The van der Waals surface area contributed by atoms with Gasteiger partial charge in [-0.2, -0.15) is 0 Å². The first-order valence-corrected chi connectivity index (χ1v) is 6.42. The summed E-state index contributed by atoms with van der Waals surface area (Å²) in [7, 11) is 0. The second kappa shape index (κ2) is 7.63. The Morgan fingerprint density at radius 1 is 1.25 bits per heavy atom. The van der Waals surface area contributed by atoms with E-state index in [0.717, 1.165) is 13.1 Å². The molecule has 1 aliphatic rings. The number of carboxylic acids is 1. The Kier molecular flexibility index (Phi) is 6.42. The summed E-state index contributed by atoms with van der Waals surface area (Å²) < 4.78 is 0. The van der Waals surface area contributed by atoms with Gasteiger partial charge in [-0.25, -0.2) is 0 Å². The number of likely N-dealkylation sites (N-methyl/N-ethyl adjacent to an activating group) is 1. The molecule has 0 radical (unpaired) electrons. The number of likely N-dealkylation sites (tertiary alicyclic amines) is 1. The molecule has 1 unspecified atom stereocenters. The number of aliphatic carboxylic acids is 1. The maximum atomic E-state index is 11.0. The molecular weight excluding hydrogens is 204 g/mol. The molecule has 16 heavy (non-hydrogen) atoms. The Hall–Kier alpha value is -0.610. The van der Waals surface area contributed by atoms with E-state index in [9.17, 15) is 4.79 Å². The Morgan fingerprint density at radius 2 is 1.81 bits per heavy atom. The molecule has 0 aromatic rings. The first-order chi connectivity index (χ1) is 7.74. The lowest BCUT2D eigenvalue weighted by Crippen LogP contribution is -2.46. The number of hydrogen-bond donors (Lipinski definition) is 2. The van der Waals surface area contributed by atoms with E-state index in [0.29, 0.717) is 13.1 Å². The fourth-order valence-corrected chi connectivity index (χ4v) is 2.23. The zero-order chi connectivity index (χ0) is 11.8. The predicted octanol–water partition coefficient (Wildman–Crippen LogP) is 1.32. The lowest BCUT2D eigenvalue weighted by molar-refractivity contribution is -0.140. The van der Waals surface area contributed by atoms with Crippen molar-refractivity contribution in [3.8, 4) is 0 Å². The van der Waals surface area contributed by atoms with Gasteiger partial charge < -0.3 is 15.3 Å². The average Bonchev–Trinajstić information content (AvgIpc) is 2.20. The number of hydrogen-bond acceptors (Lipinski definition) is 3. The molecule has 0 bridgehead atoms. The van der Waals surface area contributed by atoms with Gasteiger partial charge in [0.25, 0.3) is 0 Å². The molecule has 0 aliphatic carbocycles. The van der Waals surface area contributed by atoms with Gasteiger partial charge in [0.15, 0.2) is 0 Å². The third-order valence-electron chi connectivity index (χ3n) is 3.14. The first kappa shape index (κ1) is 13.5. The third kappa shape index (κ3) is 4.94. The smallest absolute Gasteiger partial charge is 0.322 e. The van der Waals surface area contributed by atoms with Gasteiger partial charge in [0.05, 0.1) is 0 Å². The van der Waals surface area contributed by atoms with Gasteiger partial charge in [0, 0.05) is 6.54 Å². The highest BCUT2D eigenvalue weighted by atomic mass is 16.4. The van der Waals surface area contributed by atoms with Crippen LogP contribution in [-0.4, -0.2) is 48.2 Å². The van der Waals surface area contributed by atoms with Crippen LogP contribution in [0.1, 0.15) is 39.0 Å². The van der Waals surface area contributed by atoms with Gasteiger partial charge in [0.1, 0.15) is 6.04 Å². The Bertz CT molecular complexity index is 201. The minimum absolute atomic E-state index is 0.413. The highest BCUT2D eigenvalue weighted by molar-refractivity contribution is 5.73. The van der Waals surface area contributed by atoms with Crippen molar-refractivity contribution in [2.24, 2.45) is 0 Å². The van der Waals surface area contributed by atoms with Crippen LogP contribution in [0.25, 0.3) is 0 Å². The Labute approximate surface area is 98.0 Å². The van der Waals surface area contributed by atoms with E-state index in [2.05, 4.69) is 10.2 Å². The average molecular weight is 228 g/mol. The maximum Gasteiger partial charge on any atom is 0.322 e. The van der Waals surface area contributed by atoms with Crippen LogP contribution < -0.4 is 5.32 Å². The van der Waals surface area contributed by atoms with Crippen LogP contribution in [0.3, 0.4) is 0 Å². The van der Waals surface area contributed by atoms with Crippen molar-refractivity contribution < 1.29 is 9.90 Å². The highest BCUT2D eigenvalue weighted by Gasteiger charge is 2.19. The topological polar surface area (TPSA) is 52.6 Å². The van der Waals surface area contributed by atoms with Gasteiger partial charge >= 0.3 is 5.97 Å². The van der Waals surface area contributed by atoms with Crippen molar-refractivity contribution in [2.75, 3.05) is 26.2 Å². The first-order valence-electron chi connectivity index (χ1n) is 6.42. The van der Waals surface area contributed by atoms with E-state index in [1.54, 1.807) is 0 Å². The SMILES string of the molecule is CCNC(CN1CCCCCCC1)C(=O)O. The molecule has 0 aromatic carbocycles. The Balaban J connectivity index is 2.38. The fourth-order valence-electron chi connectivity index (χ4n) is 2.23. The molecule has 4 nitrogen and oxygen atoms in total. The van der Waals surface area contributed by atoms with E-state index in [1.165, 1.54) is 32.1 Å². The van der Waals surface area contributed by atoms with E-state index in [1.807, 2.05) is 6.92 Å². The largest absolute Gasteiger partial charge is 0.480 e. The summed E-state index contributed by atoms with van der Waals surface area (Å²) in [5, 5.41) is 12.1. The minimum Gasteiger partial charge on any atom is -0.480 e. The summed E-state index contributed by atoms with van der Waals surface area (Å²) in [5.74, 6) is -0.732. The minimum atomic E-state index is -0.732. The van der Waals surface area contributed by atoms with Crippen LogP contribution in [-0.2, 0) is 4.79 Å². The van der Waals surface area contributed by atoms with Gasteiger partial charge in [-0.15, -0.1) is 0 Å². The molecule has 0 saturated carbocycles. The van der Waals surface area contributed by atoms with Crippen molar-refractivity contribution in [3.63, 3.8) is 0 Å². The number of nitrogens with zero attached hydrogens (tertiary/aromatic N) is 1. The van der Waals surface area contributed by atoms with E-state index >= 15 is 0 Å². The maximum absolute atomic E-state index is 11.0. The summed E-state index contributed by atoms with van der Waals surface area (Å²) in [5.41, 5.74) is 0. The zero-order valence-corrected chi connectivity index (χ0v) is 10.2. The second-order valence-corrected chi connectivity index (χ2v) is 4.52. The number of nitrogens with one attached hydrogen (secondary N) is 1. The monoisotopic (exact) mass is 228 g/mol. The van der Waals surface area contributed by atoms with Crippen molar-refractivity contribution in [1.82, 2.24) is 10.2 Å². The van der Waals surface area contributed by atoms with Crippen LogP contribution in [0.2, 0.25) is 0 Å². The lowest BCUT2D eigenvalue weighted by Gasteiger charge is -2.27. The fraction of sp³-hybridized carbons (Fsp3) is 0.917.